The summed E-state index contributed by atoms with van der Waals surface area (Å²) in [6, 6.07) is 23.7. The van der Waals surface area contributed by atoms with E-state index in [1.54, 1.807) is 0 Å². The molecular formula is C23H19NO2. The van der Waals surface area contributed by atoms with Crippen LogP contribution in [-0.2, 0) is 6.42 Å². The fraction of sp³-hybridized carbons (Fsp3) is 0.0870. The van der Waals surface area contributed by atoms with E-state index in [1.165, 1.54) is 0 Å². The zero-order valence-electron chi connectivity index (χ0n) is 14.5. The Bertz CT molecular complexity index is 1140. The van der Waals surface area contributed by atoms with E-state index in [2.05, 4.69) is 6.07 Å². The van der Waals surface area contributed by atoms with E-state index in [9.17, 15) is 4.79 Å². The molecule has 2 N–H and O–H groups in total. The summed E-state index contributed by atoms with van der Waals surface area (Å²) in [6.45, 7) is 1.98. The number of rotatable bonds is 3. The van der Waals surface area contributed by atoms with Crippen LogP contribution in [0.1, 0.15) is 16.7 Å². The van der Waals surface area contributed by atoms with Gasteiger partial charge in [0.1, 0.15) is 5.58 Å². The van der Waals surface area contributed by atoms with Crippen LogP contribution in [-0.4, -0.2) is 0 Å². The van der Waals surface area contributed by atoms with Gasteiger partial charge in [-0.3, -0.25) is 0 Å². The Morgan fingerprint density at radius 3 is 2.46 bits per heavy atom. The van der Waals surface area contributed by atoms with Crippen LogP contribution in [0.4, 0.5) is 5.69 Å². The maximum Gasteiger partial charge on any atom is 0.340 e. The van der Waals surface area contributed by atoms with Crippen LogP contribution in [0.25, 0.3) is 22.1 Å². The van der Waals surface area contributed by atoms with Gasteiger partial charge in [-0.25, -0.2) is 4.79 Å². The Balaban J connectivity index is 1.81. The molecule has 0 aliphatic heterocycles. The van der Waals surface area contributed by atoms with E-state index in [-0.39, 0.29) is 5.63 Å². The van der Waals surface area contributed by atoms with Crippen LogP contribution >= 0.6 is 0 Å². The van der Waals surface area contributed by atoms with Gasteiger partial charge in [-0.1, -0.05) is 54.6 Å². The second-order valence-electron chi connectivity index (χ2n) is 6.49. The van der Waals surface area contributed by atoms with Crippen LogP contribution in [0.5, 0.6) is 0 Å². The second kappa shape index (κ2) is 6.52. The van der Waals surface area contributed by atoms with Gasteiger partial charge in [0, 0.05) is 23.1 Å². The zero-order chi connectivity index (χ0) is 18.1. The monoisotopic (exact) mass is 341 g/mol. The highest BCUT2D eigenvalue weighted by molar-refractivity contribution is 5.85. The SMILES string of the molecule is Cc1c(Cc2cccc(N)c2)c(=O)oc2cc(-c3ccccc3)ccc12. The number of fused-ring (bicyclic) bond motifs is 1. The van der Waals surface area contributed by atoms with Crippen molar-refractivity contribution in [3.8, 4) is 11.1 Å². The van der Waals surface area contributed by atoms with Crippen molar-refractivity contribution in [2.45, 2.75) is 13.3 Å². The summed E-state index contributed by atoms with van der Waals surface area (Å²) in [5.41, 5.74) is 11.6. The van der Waals surface area contributed by atoms with Crippen molar-refractivity contribution in [1.29, 1.82) is 0 Å². The molecule has 0 radical (unpaired) electrons. The molecule has 0 aliphatic rings. The predicted molar refractivity (Wildman–Crippen MR) is 106 cm³/mol. The van der Waals surface area contributed by atoms with Crippen molar-refractivity contribution < 1.29 is 4.42 Å². The van der Waals surface area contributed by atoms with E-state index in [1.807, 2.05) is 73.7 Å². The molecule has 0 saturated carbocycles. The van der Waals surface area contributed by atoms with Gasteiger partial charge in [0.2, 0.25) is 0 Å². The van der Waals surface area contributed by atoms with Crippen molar-refractivity contribution in [3.63, 3.8) is 0 Å². The topological polar surface area (TPSA) is 56.2 Å². The van der Waals surface area contributed by atoms with Gasteiger partial charge < -0.3 is 10.2 Å². The largest absolute Gasteiger partial charge is 0.422 e. The Morgan fingerprint density at radius 1 is 0.885 bits per heavy atom. The Hall–Kier alpha value is -3.33. The highest BCUT2D eigenvalue weighted by atomic mass is 16.4. The zero-order valence-corrected chi connectivity index (χ0v) is 14.5. The lowest BCUT2D eigenvalue weighted by Crippen LogP contribution is -2.11. The molecule has 0 unspecified atom stereocenters. The van der Waals surface area contributed by atoms with E-state index in [0.29, 0.717) is 23.3 Å². The lowest BCUT2D eigenvalue weighted by atomic mass is 9.97. The first-order valence-corrected chi connectivity index (χ1v) is 8.58. The number of nitrogen functional groups attached to an aromatic ring is 1. The van der Waals surface area contributed by atoms with Gasteiger partial charge in [-0.2, -0.15) is 0 Å². The first kappa shape index (κ1) is 16.2. The number of benzene rings is 3. The number of nitrogens with two attached hydrogens (primary N) is 1. The Labute approximate surface area is 151 Å². The molecule has 0 aliphatic carbocycles. The molecule has 3 heteroatoms. The fourth-order valence-electron chi connectivity index (χ4n) is 3.32. The molecule has 128 valence electrons. The highest BCUT2D eigenvalue weighted by Gasteiger charge is 2.13. The van der Waals surface area contributed by atoms with Crippen molar-refractivity contribution in [1.82, 2.24) is 0 Å². The maximum atomic E-state index is 12.6. The lowest BCUT2D eigenvalue weighted by molar-refractivity contribution is 0.551. The normalized spacial score (nSPS) is 11.0. The third-order valence-electron chi connectivity index (χ3n) is 4.73. The van der Waals surface area contributed by atoms with E-state index in [0.717, 1.165) is 27.6 Å². The van der Waals surface area contributed by atoms with Gasteiger partial charge in [0.15, 0.2) is 0 Å². The van der Waals surface area contributed by atoms with Crippen LogP contribution in [0.2, 0.25) is 0 Å². The van der Waals surface area contributed by atoms with Crippen molar-refractivity contribution in [2.24, 2.45) is 0 Å². The van der Waals surface area contributed by atoms with Crippen molar-refractivity contribution >= 4 is 16.7 Å². The minimum Gasteiger partial charge on any atom is -0.422 e. The summed E-state index contributed by atoms with van der Waals surface area (Å²) < 4.78 is 5.65. The number of anilines is 1. The number of hydrogen-bond acceptors (Lipinski definition) is 3. The smallest absolute Gasteiger partial charge is 0.340 e. The number of aryl methyl sites for hydroxylation is 1. The Kier molecular flexibility index (Phi) is 4.05. The predicted octanol–water partition coefficient (Wildman–Crippen LogP) is 4.94. The van der Waals surface area contributed by atoms with Gasteiger partial charge in [0.05, 0.1) is 0 Å². The molecule has 3 nitrogen and oxygen atoms in total. The molecule has 26 heavy (non-hydrogen) atoms. The molecule has 0 atom stereocenters. The average molecular weight is 341 g/mol. The van der Waals surface area contributed by atoms with Gasteiger partial charge in [-0.15, -0.1) is 0 Å². The van der Waals surface area contributed by atoms with E-state index < -0.39 is 0 Å². The minimum absolute atomic E-state index is 0.289. The summed E-state index contributed by atoms with van der Waals surface area (Å²) in [5.74, 6) is 0. The van der Waals surface area contributed by atoms with Crippen LogP contribution < -0.4 is 11.4 Å². The van der Waals surface area contributed by atoms with Crippen LogP contribution in [0, 0.1) is 6.92 Å². The molecule has 3 aromatic carbocycles. The summed E-state index contributed by atoms with van der Waals surface area (Å²) in [6.07, 6.45) is 0.510. The minimum atomic E-state index is -0.289. The molecule has 4 aromatic rings. The molecule has 0 saturated heterocycles. The van der Waals surface area contributed by atoms with E-state index >= 15 is 0 Å². The second-order valence-corrected chi connectivity index (χ2v) is 6.49. The molecule has 1 aromatic heterocycles. The molecule has 0 bridgehead atoms. The van der Waals surface area contributed by atoms with Gasteiger partial charge in [0.25, 0.3) is 0 Å². The quantitative estimate of drug-likeness (QED) is 0.424. The highest BCUT2D eigenvalue weighted by Crippen LogP contribution is 2.27. The van der Waals surface area contributed by atoms with Crippen molar-refractivity contribution in [2.75, 3.05) is 5.73 Å². The van der Waals surface area contributed by atoms with E-state index in [4.69, 9.17) is 10.2 Å². The lowest BCUT2D eigenvalue weighted by Gasteiger charge is -2.10. The summed E-state index contributed by atoms with van der Waals surface area (Å²) in [7, 11) is 0. The van der Waals surface area contributed by atoms with Crippen LogP contribution in [0.3, 0.4) is 0 Å². The molecule has 0 fully saturated rings. The average Bonchev–Trinajstić information content (AvgIpc) is 2.65. The molecule has 0 amide bonds. The maximum absolute atomic E-state index is 12.6. The first-order chi connectivity index (χ1) is 12.6. The van der Waals surface area contributed by atoms with Crippen LogP contribution in [0.15, 0.2) is 82.0 Å². The van der Waals surface area contributed by atoms with Gasteiger partial charge >= 0.3 is 5.63 Å². The fourth-order valence-corrected chi connectivity index (χ4v) is 3.32. The molecule has 1 heterocycles. The van der Waals surface area contributed by atoms with Crippen molar-refractivity contribution in [3.05, 3.63) is 99.9 Å². The molecular weight excluding hydrogens is 322 g/mol. The molecule has 4 rings (SSSR count). The number of hydrogen-bond donors (Lipinski definition) is 1. The Morgan fingerprint density at radius 2 is 1.69 bits per heavy atom. The third-order valence-corrected chi connectivity index (χ3v) is 4.73. The molecule has 0 spiro atoms. The summed E-state index contributed by atoms with van der Waals surface area (Å²) in [4.78, 5) is 12.6. The third kappa shape index (κ3) is 3.00. The standard InChI is InChI=1S/C23H19NO2/c1-15-20-11-10-18(17-7-3-2-4-8-17)14-22(20)26-23(25)21(15)13-16-6-5-9-19(24)12-16/h2-12,14H,13,24H2,1H3. The first-order valence-electron chi connectivity index (χ1n) is 8.58. The summed E-state index contributed by atoms with van der Waals surface area (Å²) in [5, 5.41) is 0.961. The van der Waals surface area contributed by atoms with Gasteiger partial charge in [-0.05, 0) is 47.4 Å². The summed E-state index contributed by atoms with van der Waals surface area (Å²) >= 11 is 0.